The summed E-state index contributed by atoms with van der Waals surface area (Å²) in [7, 11) is 0. The Balaban J connectivity index is 1.62. The predicted molar refractivity (Wildman–Crippen MR) is 69.9 cm³/mol. The number of hydrogen-bond donors (Lipinski definition) is 1. The van der Waals surface area contributed by atoms with Gasteiger partial charge in [-0.2, -0.15) is 13.9 Å². The van der Waals surface area contributed by atoms with Crippen LogP contribution in [-0.2, 0) is 0 Å². The SMILES string of the molecule is O=C(c1ccn(C(F)F)n1)N1CCC(c2ncc[nH]2)CC1. The summed E-state index contributed by atoms with van der Waals surface area (Å²) in [6.45, 7) is -1.58. The molecule has 3 heterocycles. The summed E-state index contributed by atoms with van der Waals surface area (Å²) in [4.78, 5) is 21.2. The number of rotatable bonds is 3. The molecule has 0 unspecified atom stereocenters. The maximum Gasteiger partial charge on any atom is 0.333 e. The van der Waals surface area contributed by atoms with E-state index in [1.807, 2.05) is 0 Å². The van der Waals surface area contributed by atoms with Crippen molar-refractivity contribution < 1.29 is 13.6 Å². The maximum atomic E-state index is 12.5. The van der Waals surface area contributed by atoms with Gasteiger partial charge in [0.2, 0.25) is 0 Å². The van der Waals surface area contributed by atoms with Gasteiger partial charge in [0.05, 0.1) is 0 Å². The van der Waals surface area contributed by atoms with Gasteiger partial charge in [-0.25, -0.2) is 9.67 Å². The summed E-state index contributed by atoms with van der Waals surface area (Å²) >= 11 is 0. The normalized spacial score (nSPS) is 16.6. The number of nitrogens with one attached hydrogen (secondary N) is 1. The number of piperidine rings is 1. The van der Waals surface area contributed by atoms with Crippen molar-refractivity contribution >= 4 is 5.91 Å². The van der Waals surface area contributed by atoms with Crippen molar-refractivity contribution in [1.82, 2.24) is 24.6 Å². The average molecular weight is 295 g/mol. The van der Waals surface area contributed by atoms with Crippen molar-refractivity contribution in [2.24, 2.45) is 0 Å². The molecule has 21 heavy (non-hydrogen) atoms. The Kier molecular flexibility index (Phi) is 3.68. The number of amides is 1. The number of aromatic amines is 1. The first-order chi connectivity index (χ1) is 10.1. The van der Waals surface area contributed by atoms with Gasteiger partial charge >= 0.3 is 6.55 Å². The van der Waals surface area contributed by atoms with E-state index in [-0.39, 0.29) is 11.6 Å². The topological polar surface area (TPSA) is 66.8 Å². The van der Waals surface area contributed by atoms with Crippen LogP contribution in [0.15, 0.2) is 24.7 Å². The fourth-order valence-electron chi connectivity index (χ4n) is 2.58. The lowest BCUT2D eigenvalue weighted by Crippen LogP contribution is -2.38. The summed E-state index contributed by atoms with van der Waals surface area (Å²) < 4.78 is 25.4. The number of carbonyl (C=O) groups excluding carboxylic acids is 1. The largest absolute Gasteiger partial charge is 0.348 e. The van der Waals surface area contributed by atoms with E-state index in [1.54, 1.807) is 17.3 Å². The first-order valence-corrected chi connectivity index (χ1v) is 6.77. The quantitative estimate of drug-likeness (QED) is 0.942. The monoisotopic (exact) mass is 295 g/mol. The lowest BCUT2D eigenvalue weighted by atomic mass is 9.96. The van der Waals surface area contributed by atoms with Crippen LogP contribution in [0.3, 0.4) is 0 Å². The second-order valence-corrected chi connectivity index (χ2v) is 5.00. The van der Waals surface area contributed by atoms with Gasteiger partial charge in [-0.3, -0.25) is 4.79 Å². The van der Waals surface area contributed by atoms with Crippen molar-refractivity contribution in [3.05, 3.63) is 36.2 Å². The fraction of sp³-hybridized carbons (Fsp3) is 0.462. The van der Waals surface area contributed by atoms with Gasteiger partial charge in [-0.1, -0.05) is 0 Å². The standard InChI is InChI=1S/C13H15F2N5O/c14-13(15)20-8-3-10(18-20)12(21)19-6-1-9(2-7-19)11-16-4-5-17-11/h3-5,8-9,13H,1-2,6-7H2,(H,16,17). The van der Waals surface area contributed by atoms with Crippen LogP contribution in [-0.4, -0.2) is 43.6 Å². The average Bonchev–Trinajstić information content (AvgIpc) is 3.18. The summed E-state index contributed by atoms with van der Waals surface area (Å²) in [5.41, 5.74) is 0.0618. The van der Waals surface area contributed by atoms with Gasteiger partial charge in [-0.15, -0.1) is 0 Å². The van der Waals surface area contributed by atoms with E-state index < -0.39 is 6.55 Å². The van der Waals surface area contributed by atoms with E-state index in [9.17, 15) is 13.6 Å². The van der Waals surface area contributed by atoms with Crippen LogP contribution in [0.5, 0.6) is 0 Å². The van der Waals surface area contributed by atoms with Crippen LogP contribution in [0.4, 0.5) is 8.78 Å². The molecule has 1 amide bonds. The highest BCUT2D eigenvalue weighted by molar-refractivity contribution is 5.92. The Morgan fingerprint density at radius 1 is 1.38 bits per heavy atom. The molecule has 1 fully saturated rings. The molecule has 3 rings (SSSR count). The third-order valence-corrected chi connectivity index (χ3v) is 3.72. The molecule has 112 valence electrons. The van der Waals surface area contributed by atoms with Crippen molar-refractivity contribution in [1.29, 1.82) is 0 Å². The maximum absolute atomic E-state index is 12.5. The number of alkyl halides is 2. The molecule has 6 nitrogen and oxygen atoms in total. The molecule has 0 radical (unpaired) electrons. The summed E-state index contributed by atoms with van der Waals surface area (Å²) in [6.07, 6.45) is 6.21. The highest BCUT2D eigenvalue weighted by Crippen LogP contribution is 2.26. The molecule has 0 atom stereocenters. The molecule has 2 aromatic heterocycles. The minimum absolute atomic E-state index is 0.0618. The van der Waals surface area contributed by atoms with E-state index in [4.69, 9.17) is 0 Å². The predicted octanol–water partition coefficient (Wildman–Crippen LogP) is 2.02. The molecule has 0 bridgehead atoms. The van der Waals surface area contributed by atoms with Gasteiger partial charge < -0.3 is 9.88 Å². The van der Waals surface area contributed by atoms with Crippen molar-refractivity contribution in [3.63, 3.8) is 0 Å². The summed E-state index contributed by atoms with van der Waals surface area (Å²) in [5.74, 6) is 0.944. The zero-order chi connectivity index (χ0) is 14.8. The highest BCUT2D eigenvalue weighted by atomic mass is 19.3. The highest BCUT2D eigenvalue weighted by Gasteiger charge is 2.27. The number of aromatic nitrogens is 4. The Hall–Kier alpha value is -2.25. The second-order valence-electron chi connectivity index (χ2n) is 5.00. The van der Waals surface area contributed by atoms with E-state index >= 15 is 0 Å². The van der Waals surface area contributed by atoms with Crippen molar-refractivity contribution in [3.8, 4) is 0 Å². The van der Waals surface area contributed by atoms with Gasteiger partial charge in [0.25, 0.3) is 5.91 Å². The molecule has 1 N–H and O–H groups in total. The Bertz CT molecular complexity index is 602. The van der Waals surface area contributed by atoms with Crippen LogP contribution in [0, 0.1) is 0 Å². The molecule has 0 spiro atoms. The van der Waals surface area contributed by atoms with Crippen LogP contribution in [0.1, 0.15) is 41.6 Å². The third kappa shape index (κ3) is 2.79. The zero-order valence-electron chi connectivity index (χ0n) is 11.2. The number of carbonyl (C=O) groups is 1. The molecule has 8 heteroatoms. The van der Waals surface area contributed by atoms with Gasteiger partial charge in [0.15, 0.2) is 5.69 Å². The molecular formula is C13H15F2N5O. The van der Waals surface area contributed by atoms with Crippen LogP contribution in [0.25, 0.3) is 0 Å². The van der Waals surface area contributed by atoms with E-state index in [0.29, 0.717) is 23.7 Å². The number of hydrogen-bond acceptors (Lipinski definition) is 3. The molecular weight excluding hydrogens is 280 g/mol. The lowest BCUT2D eigenvalue weighted by molar-refractivity contribution is 0.0547. The van der Waals surface area contributed by atoms with Crippen molar-refractivity contribution in [2.45, 2.75) is 25.3 Å². The lowest BCUT2D eigenvalue weighted by Gasteiger charge is -2.30. The Morgan fingerprint density at radius 2 is 2.14 bits per heavy atom. The first kappa shape index (κ1) is 13.7. The summed E-state index contributed by atoms with van der Waals surface area (Å²) in [6, 6.07) is 1.33. The van der Waals surface area contributed by atoms with Crippen molar-refractivity contribution in [2.75, 3.05) is 13.1 Å². The second kappa shape index (κ2) is 5.63. The fourth-order valence-corrected chi connectivity index (χ4v) is 2.58. The van der Waals surface area contributed by atoms with Crippen LogP contribution >= 0.6 is 0 Å². The number of likely N-dealkylation sites (tertiary alicyclic amines) is 1. The zero-order valence-corrected chi connectivity index (χ0v) is 11.2. The van der Waals surface area contributed by atoms with Crippen LogP contribution < -0.4 is 0 Å². The van der Waals surface area contributed by atoms with Gasteiger partial charge in [0.1, 0.15) is 5.82 Å². The minimum Gasteiger partial charge on any atom is -0.348 e. The third-order valence-electron chi connectivity index (χ3n) is 3.72. The van der Waals surface area contributed by atoms with Crippen LogP contribution in [0.2, 0.25) is 0 Å². The molecule has 0 aliphatic carbocycles. The van der Waals surface area contributed by atoms with E-state index in [0.717, 1.165) is 24.9 Å². The molecule has 0 saturated carbocycles. The van der Waals surface area contributed by atoms with Gasteiger partial charge in [-0.05, 0) is 18.9 Å². The van der Waals surface area contributed by atoms with Gasteiger partial charge in [0, 0.05) is 37.6 Å². The Morgan fingerprint density at radius 3 is 2.71 bits per heavy atom. The molecule has 0 aromatic carbocycles. The number of halogens is 2. The molecule has 1 aliphatic rings. The molecule has 2 aromatic rings. The number of H-pyrrole nitrogens is 1. The first-order valence-electron chi connectivity index (χ1n) is 6.77. The minimum atomic E-state index is -2.73. The molecule has 1 aliphatic heterocycles. The Labute approximate surface area is 119 Å². The molecule has 1 saturated heterocycles. The van der Waals surface area contributed by atoms with E-state index in [1.165, 1.54) is 6.07 Å². The smallest absolute Gasteiger partial charge is 0.333 e. The number of nitrogens with zero attached hydrogens (tertiary/aromatic N) is 4. The summed E-state index contributed by atoms with van der Waals surface area (Å²) in [5, 5.41) is 3.61. The van der Waals surface area contributed by atoms with E-state index in [2.05, 4.69) is 15.1 Å². The number of imidazole rings is 1.